The number of ether oxygens (including phenoxy) is 1. The maximum atomic E-state index is 12.8. The number of carbonyl (C=O) groups excluding carboxylic acids is 1. The van der Waals surface area contributed by atoms with Gasteiger partial charge in [0.2, 0.25) is 0 Å². The quantitative estimate of drug-likeness (QED) is 0.812. The van der Waals surface area contributed by atoms with Gasteiger partial charge in [0.25, 0.3) is 0 Å². The van der Waals surface area contributed by atoms with Crippen molar-refractivity contribution in [1.82, 2.24) is 20.0 Å². The highest BCUT2D eigenvalue weighted by molar-refractivity contribution is 6.30. The molecule has 1 N–H and O–H groups in total. The van der Waals surface area contributed by atoms with Gasteiger partial charge in [-0.15, -0.1) is 0 Å². The summed E-state index contributed by atoms with van der Waals surface area (Å²) in [4.78, 5) is 14.7. The van der Waals surface area contributed by atoms with Crippen LogP contribution in [0.1, 0.15) is 30.9 Å². The van der Waals surface area contributed by atoms with Crippen LogP contribution in [-0.2, 0) is 10.2 Å². The Morgan fingerprint density at radius 2 is 2.11 bits per heavy atom. The Bertz CT molecular complexity index is 835. The second-order valence-electron chi connectivity index (χ2n) is 7.59. The highest BCUT2D eigenvalue weighted by atomic mass is 35.5. The molecule has 150 valence electrons. The van der Waals surface area contributed by atoms with Crippen LogP contribution in [0.15, 0.2) is 36.7 Å². The first-order valence-corrected chi connectivity index (χ1v) is 10.4. The first-order chi connectivity index (χ1) is 13.6. The van der Waals surface area contributed by atoms with Crippen LogP contribution in [0.4, 0.5) is 4.79 Å². The normalized spacial score (nSPS) is 21.6. The maximum absolute atomic E-state index is 12.8. The number of hydrogen-bond acceptors (Lipinski definition) is 3. The number of urea groups is 1. The molecule has 6 nitrogen and oxygen atoms in total. The molecule has 2 aliphatic rings. The number of benzene rings is 1. The first-order valence-electron chi connectivity index (χ1n) is 9.62. The van der Waals surface area contributed by atoms with Crippen LogP contribution in [0.25, 0.3) is 0 Å². The van der Waals surface area contributed by atoms with Gasteiger partial charge in [-0.1, -0.05) is 35.3 Å². The number of nitrogens with one attached hydrogen (secondary N) is 1. The molecule has 1 atom stereocenters. The zero-order valence-electron chi connectivity index (χ0n) is 15.6. The Morgan fingerprint density at radius 3 is 2.82 bits per heavy atom. The second kappa shape index (κ2) is 8.31. The molecule has 1 unspecified atom stereocenters. The fraction of sp³-hybridized carbons (Fsp3) is 0.500. The highest BCUT2D eigenvalue weighted by Crippen LogP contribution is 2.35. The van der Waals surface area contributed by atoms with Crippen molar-refractivity contribution < 1.29 is 9.53 Å². The molecule has 4 rings (SSSR count). The highest BCUT2D eigenvalue weighted by Gasteiger charge is 2.36. The second-order valence-corrected chi connectivity index (χ2v) is 8.46. The van der Waals surface area contributed by atoms with Crippen LogP contribution >= 0.6 is 23.2 Å². The average molecular weight is 423 g/mol. The fourth-order valence-corrected chi connectivity index (χ4v) is 4.50. The van der Waals surface area contributed by atoms with E-state index in [0.717, 1.165) is 29.8 Å². The summed E-state index contributed by atoms with van der Waals surface area (Å²) in [5.74, 6) is 0. The Morgan fingerprint density at radius 1 is 1.29 bits per heavy atom. The standard InChI is InChI=1S/C20H24Cl2N4O2/c21-16-3-1-2-15(10-16)20(5-8-28-9-6-20)14-23-19(27)25-7-4-18(13-25)26-12-17(22)11-24-26/h1-3,10-12,18H,4-9,13-14H2,(H,23,27). The third-order valence-electron chi connectivity index (χ3n) is 5.86. The molecule has 2 aliphatic heterocycles. The van der Waals surface area contributed by atoms with Crippen molar-refractivity contribution in [1.29, 1.82) is 0 Å². The average Bonchev–Trinajstić information content (AvgIpc) is 3.36. The van der Waals surface area contributed by atoms with Crippen LogP contribution in [0.5, 0.6) is 0 Å². The molecular formula is C20H24Cl2N4O2. The number of likely N-dealkylation sites (tertiary alicyclic amines) is 1. The molecule has 2 fully saturated rings. The molecule has 0 saturated carbocycles. The van der Waals surface area contributed by atoms with Crippen LogP contribution < -0.4 is 5.32 Å². The molecule has 28 heavy (non-hydrogen) atoms. The van der Waals surface area contributed by atoms with E-state index in [2.05, 4.69) is 16.5 Å². The van der Waals surface area contributed by atoms with Gasteiger partial charge >= 0.3 is 6.03 Å². The predicted octanol–water partition coefficient (Wildman–Crippen LogP) is 3.89. The van der Waals surface area contributed by atoms with Crippen molar-refractivity contribution in [2.24, 2.45) is 0 Å². The summed E-state index contributed by atoms with van der Waals surface area (Å²) in [6.07, 6.45) is 6.04. The van der Waals surface area contributed by atoms with E-state index < -0.39 is 0 Å². The molecule has 0 bridgehead atoms. The molecule has 2 amide bonds. The molecule has 0 radical (unpaired) electrons. The smallest absolute Gasteiger partial charge is 0.317 e. The third-order valence-corrected chi connectivity index (χ3v) is 6.29. The molecule has 1 aromatic heterocycles. The van der Waals surface area contributed by atoms with Crippen molar-refractivity contribution in [2.75, 3.05) is 32.8 Å². The van der Waals surface area contributed by atoms with Crippen LogP contribution in [0.3, 0.4) is 0 Å². The van der Waals surface area contributed by atoms with Gasteiger partial charge in [0.05, 0.1) is 17.3 Å². The van der Waals surface area contributed by atoms with Crippen LogP contribution in [-0.4, -0.2) is 53.6 Å². The van der Waals surface area contributed by atoms with E-state index in [-0.39, 0.29) is 17.5 Å². The van der Waals surface area contributed by atoms with E-state index in [1.807, 2.05) is 34.0 Å². The Labute approximate surface area is 174 Å². The van der Waals surface area contributed by atoms with E-state index in [0.29, 0.717) is 37.9 Å². The first kappa shape index (κ1) is 19.6. The fourth-order valence-electron chi connectivity index (χ4n) is 4.16. The van der Waals surface area contributed by atoms with Crippen molar-refractivity contribution in [3.8, 4) is 0 Å². The number of carbonyl (C=O) groups is 1. The minimum Gasteiger partial charge on any atom is -0.381 e. The third kappa shape index (κ3) is 4.14. The summed E-state index contributed by atoms with van der Waals surface area (Å²) in [5.41, 5.74) is 1.02. The molecule has 2 aromatic rings. The van der Waals surface area contributed by atoms with Crippen LogP contribution in [0, 0.1) is 0 Å². The van der Waals surface area contributed by atoms with E-state index in [4.69, 9.17) is 27.9 Å². The lowest BCUT2D eigenvalue weighted by molar-refractivity contribution is 0.0502. The Kier molecular flexibility index (Phi) is 5.80. The van der Waals surface area contributed by atoms with Crippen LogP contribution in [0.2, 0.25) is 10.0 Å². The molecular weight excluding hydrogens is 399 g/mol. The predicted molar refractivity (Wildman–Crippen MR) is 109 cm³/mol. The van der Waals surface area contributed by atoms with Gasteiger partial charge in [0, 0.05) is 49.5 Å². The number of hydrogen-bond donors (Lipinski definition) is 1. The maximum Gasteiger partial charge on any atom is 0.317 e. The number of rotatable bonds is 4. The minimum absolute atomic E-state index is 0.0337. The number of amides is 2. The Balaban J connectivity index is 1.41. The van der Waals surface area contributed by atoms with Crippen molar-refractivity contribution >= 4 is 29.2 Å². The van der Waals surface area contributed by atoms with E-state index in [1.165, 1.54) is 0 Å². The van der Waals surface area contributed by atoms with Crippen molar-refractivity contribution in [3.05, 3.63) is 52.3 Å². The molecule has 0 aliphatic carbocycles. The summed E-state index contributed by atoms with van der Waals surface area (Å²) in [6.45, 7) is 3.30. The summed E-state index contributed by atoms with van der Waals surface area (Å²) in [5, 5.41) is 8.77. The lowest BCUT2D eigenvalue weighted by atomic mass is 9.74. The van der Waals surface area contributed by atoms with E-state index in [9.17, 15) is 4.79 Å². The monoisotopic (exact) mass is 422 g/mol. The van der Waals surface area contributed by atoms with Gasteiger partial charge in [-0.2, -0.15) is 5.10 Å². The Hall–Kier alpha value is -1.76. The van der Waals surface area contributed by atoms with Gasteiger partial charge in [0.1, 0.15) is 0 Å². The van der Waals surface area contributed by atoms with Gasteiger partial charge < -0.3 is 15.0 Å². The van der Waals surface area contributed by atoms with E-state index in [1.54, 1.807) is 6.20 Å². The number of nitrogens with zero attached hydrogens (tertiary/aromatic N) is 3. The lowest BCUT2D eigenvalue weighted by Crippen LogP contribution is -2.48. The molecule has 1 aromatic carbocycles. The van der Waals surface area contributed by atoms with Crippen molar-refractivity contribution in [3.63, 3.8) is 0 Å². The largest absolute Gasteiger partial charge is 0.381 e. The summed E-state index contributed by atoms with van der Waals surface area (Å²) in [6, 6.07) is 8.08. The molecule has 3 heterocycles. The summed E-state index contributed by atoms with van der Waals surface area (Å²) < 4.78 is 7.42. The molecule has 0 spiro atoms. The zero-order valence-corrected chi connectivity index (χ0v) is 17.1. The summed E-state index contributed by atoms with van der Waals surface area (Å²) in [7, 11) is 0. The van der Waals surface area contributed by atoms with E-state index >= 15 is 0 Å². The summed E-state index contributed by atoms with van der Waals surface area (Å²) >= 11 is 12.2. The minimum atomic E-state index is -0.145. The van der Waals surface area contributed by atoms with Gasteiger partial charge in [0.15, 0.2) is 0 Å². The van der Waals surface area contributed by atoms with Gasteiger partial charge in [-0.05, 0) is 37.0 Å². The molecule has 2 saturated heterocycles. The topological polar surface area (TPSA) is 59.4 Å². The SMILES string of the molecule is O=C(NCC1(c2cccc(Cl)c2)CCOCC1)N1CCC(n2cc(Cl)cn2)C1. The number of aromatic nitrogens is 2. The molecule has 8 heteroatoms. The van der Waals surface area contributed by atoms with Crippen molar-refractivity contribution in [2.45, 2.75) is 30.7 Å². The zero-order chi connectivity index (χ0) is 19.6. The lowest BCUT2D eigenvalue weighted by Gasteiger charge is -2.38. The van der Waals surface area contributed by atoms with Gasteiger partial charge in [-0.3, -0.25) is 4.68 Å². The number of halogens is 2. The van der Waals surface area contributed by atoms with Gasteiger partial charge in [-0.25, -0.2) is 4.79 Å².